The third-order valence-corrected chi connectivity index (χ3v) is 6.01. The molecular weight excluding hydrogens is 343 g/mol. The second-order valence-corrected chi connectivity index (χ2v) is 7.53. The van der Waals surface area contributed by atoms with Crippen molar-refractivity contribution in [2.24, 2.45) is 0 Å². The molecule has 0 saturated carbocycles. The molecule has 0 bridgehead atoms. The number of thiazole rings is 1. The summed E-state index contributed by atoms with van der Waals surface area (Å²) in [5.74, 6) is -0.425. The summed E-state index contributed by atoms with van der Waals surface area (Å²) >= 11 is 3.50. The molecule has 1 aliphatic heterocycles. The van der Waals surface area contributed by atoms with E-state index in [4.69, 9.17) is 4.98 Å². The number of aromatic nitrogens is 2. The third kappa shape index (κ3) is 3.06. The van der Waals surface area contributed by atoms with Crippen LogP contribution in [0.5, 0.6) is 0 Å². The first-order valence-electron chi connectivity index (χ1n) is 7.79. The molecule has 24 heavy (non-hydrogen) atoms. The topological polar surface area (TPSA) is 32.3 Å². The Kier molecular flexibility index (Phi) is 4.28. The van der Waals surface area contributed by atoms with Crippen LogP contribution in [0.15, 0.2) is 41.4 Å². The van der Waals surface area contributed by atoms with Crippen molar-refractivity contribution >= 4 is 44.1 Å². The molecule has 0 atom stereocenters. The minimum absolute atomic E-state index is 0.425. The molecule has 0 aliphatic carbocycles. The van der Waals surface area contributed by atoms with Crippen LogP contribution in [-0.4, -0.2) is 42.4 Å². The van der Waals surface area contributed by atoms with Crippen molar-refractivity contribution in [3.63, 3.8) is 0 Å². The number of halogens is 1. The quantitative estimate of drug-likeness (QED) is 0.523. The monoisotopic (exact) mass is 360 g/mol. The van der Waals surface area contributed by atoms with E-state index in [1.165, 1.54) is 21.9 Å². The Morgan fingerprint density at radius 1 is 1.08 bits per heavy atom. The lowest BCUT2D eigenvalue weighted by atomic mass is 10.3. The Balaban J connectivity index is 1.49. The molecule has 3 aromatic rings. The summed E-state index contributed by atoms with van der Waals surface area (Å²) in [6.07, 6.45) is 3.61. The van der Waals surface area contributed by atoms with Gasteiger partial charge in [0.1, 0.15) is 0 Å². The van der Waals surface area contributed by atoms with E-state index in [2.05, 4.69) is 39.2 Å². The van der Waals surface area contributed by atoms with E-state index in [1.807, 2.05) is 6.07 Å². The molecule has 0 spiro atoms. The Morgan fingerprint density at radius 3 is 2.62 bits per heavy atom. The fourth-order valence-corrected chi connectivity index (χ4v) is 4.47. The fraction of sp³-hybridized carbons (Fsp3) is 0.294. The molecule has 1 aliphatic rings. The molecular formula is C17H17FN4S2. The van der Waals surface area contributed by atoms with Crippen LogP contribution in [-0.2, 0) is 0 Å². The van der Waals surface area contributed by atoms with E-state index in [9.17, 15) is 4.39 Å². The van der Waals surface area contributed by atoms with E-state index in [1.54, 1.807) is 23.1 Å². The van der Waals surface area contributed by atoms with E-state index >= 15 is 0 Å². The summed E-state index contributed by atoms with van der Waals surface area (Å²) in [4.78, 5) is 14.2. The van der Waals surface area contributed by atoms with Gasteiger partial charge in [-0.05, 0) is 30.5 Å². The highest BCUT2D eigenvalue weighted by molar-refractivity contribution is 7.98. The lowest BCUT2D eigenvalue weighted by Gasteiger charge is -2.35. The molecule has 0 radical (unpaired) electrons. The van der Waals surface area contributed by atoms with Crippen LogP contribution in [0, 0.1) is 5.95 Å². The first kappa shape index (κ1) is 15.7. The summed E-state index contributed by atoms with van der Waals surface area (Å²) in [6.45, 7) is 3.49. The number of rotatable bonds is 3. The van der Waals surface area contributed by atoms with E-state index < -0.39 is 5.95 Å². The van der Waals surface area contributed by atoms with Crippen LogP contribution >= 0.6 is 23.1 Å². The molecule has 2 aromatic heterocycles. The van der Waals surface area contributed by atoms with Crippen molar-refractivity contribution in [1.29, 1.82) is 0 Å². The Morgan fingerprint density at radius 2 is 1.88 bits per heavy atom. The van der Waals surface area contributed by atoms with Crippen LogP contribution in [0.3, 0.4) is 0 Å². The number of fused-ring (bicyclic) bond motifs is 1. The number of benzene rings is 1. The molecule has 4 rings (SSSR count). The van der Waals surface area contributed by atoms with Crippen LogP contribution < -0.4 is 9.80 Å². The van der Waals surface area contributed by atoms with Crippen molar-refractivity contribution in [1.82, 2.24) is 9.97 Å². The number of anilines is 2. The molecule has 1 saturated heterocycles. The zero-order valence-electron chi connectivity index (χ0n) is 13.3. The number of hydrogen-bond acceptors (Lipinski definition) is 6. The number of piperazine rings is 1. The fourth-order valence-electron chi connectivity index (χ4n) is 2.90. The standard InChI is InChI=1S/C17H17FN4S2/c1-23-13-2-3-14-15(11-13)24-17(20-14)22-8-6-21(7-9-22)12-4-5-19-16(18)10-12/h2-5,10-11H,6-9H2,1H3. The molecule has 4 nitrogen and oxygen atoms in total. The van der Waals surface area contributed by atoms with Gasteiger partial charge in [-0.2, -0.15) is 4.39 Å². The molecule has 1 aromatic carbocycles. The molecule has 1 fully saturated rings. The summed E-state index contributed by atoms with van der Waals surface area (Å²) in [5, 5.41) is 1.07. The lowest BCUT2D eigenvalue weighted by molar-refractivity contribution is 0.580. The smallest absolute Gasteiger partial charge is 0.214 e. The summed E-state index contributed by atoms with van der Waals surface area (Å²) in [7, 11) is 0. The summed E-state index contributed by atoms with van der Waals surface area (Å²) in [6, 6.07) is 9.78. The SMILES string of the molecule is CSc1ccc2nc(N3CCN(c4ccnc(F)c4)CC3)sc2c1. The van der Waals surface area contributed by atoms with Gasteiger partial charge in [-0.1, -0.05) is 11.3 Å². The number of hydrogen-bond donors (Lipinski definition) is 0. The van der Waals surface area contributed by atoms with Gasteiger partial charge in [0, 0.05) is 49.0 Å². The van der Waals surface area contributed by atoms with Crippen LogP contribution in [0.25, 0.3) is 10.2 Å². The summed E-state index contributed by atoms with van der Waals surface area (Å²) < 4.78 is 14.5. The van der Waals surface area contributed by atoms with Gasteiger partial charge in [0.05, 0.1) is 10.2 Å². The maximum absolute atomic E-state index is 13.3. The van der Waals surface area contributed by atoms with Gasteiger partial charge >= 0.3 is 0 Å². The van der Waals surface area contributed by atoms with E-state index in [0.717, 1.165) is 42.5 Å². The lowest BCUT2D eigenvalue weighted by Crippen LogP contribution is -2.46. The number of thioether (sulfide) groups is 1. The van der Waals surface area contributed by atoms with Crippen molar-refractivity contribution in [2.45, 2.75) is 4.90 Å². The van der Waals surface area contributed by atoms with E-state index in [0.29, 0.717) is 0 Å². The minimum Gasteiger partial charge on any atom is -0.368 e. The van der Waals surface area contributed by atoms with Gasteiger partial charge in [0.15, 0.2) is 5.13 Å². The first-order valence-corrected chi connectivity index (χ1v) is 9.83. The van der Waals surface area contributed by atoms with Gasteiger partial charge in [0.25, 0.3) is 0 Å². The first-order chi connectivity index (χ1) is 11.7. The van der Waals surface area contributed by atoms with Gasteiger partial charge in [-0.3, -0.25) is 0 Å². The molecule has 0 N–H and O–H groups in total. The highest BCUT2D eigenvalue weighted by Gasteiger charge is 2.20. The molecule has 3 heterocycles. The number of nitrogens with zero attached hydrogens (tertiary/aromatic N) is 4. The predicted octanol–water partition coefficient (Wildman–Crippen LogP) is 3.88. The van der Waals surface area contributed by atoms with Crippen molar-refractivity contribution < 1.29 is 4.39 Å². The second-order valence-electron chi connectivity index (χ2n) is 5.64. The largest absolute Gasteiger partial charge is 0.368 e. The molecule has 0 amide bonds. The van der Waals surface area contributed by atoms with E-state index in [-0.39, 0.29) is 0 Å². The van der Waals surface area contributed by atoms with Crippen molar-refractivity contribution in [3.8, 4) is 0 Å². The maximum Gasteiger partial charge on any atom is 0.214 e. The van der Waals surface area contributed by atoms with Crippen LogP contribution in [0.4, 0.5) is 15.2 Å². The third-order valence-electron chi connectivity index (χ3n) is 4.21. The van der Waals surface area contributed by atoms with Crippen molar-refractivity contribution in [3.05, 3.63) is 42.5 Å². The van der Waals surface area contributed by atoms with Crippen LogP contribution in [0.2, 0.25) is 0 Å². The average molecular weight is 360 g/mol. The van der Waals surface area contributed by atoms with Crippen LogP contribution in [0.1, 0.15) is 0 Å². The van der Waals surface area contributed by atoms with Crippen molar-refractivity contribution in [2.75, 3.05) is 42.2 Å². The average Bonchev–Trinajstić information content (AvgIpc) is 3.05. The zero-order valence-corrected chi connectivity index (χ0v) is 14.9. The highest BCUT2D eigenvalue weighted by Crippen LogP contribution is 2.32. The minimum atomic E-state index is -0.425. The molecule has 0 unspecified atom stereocenters. The predicted molar refractivity (Wildman–Crippen MR) is 100 cm³/mol. The van der Waals surface area contributed by atoms with Gasteiger partial charge in [-0.15, -0.1) is 11.8 Å². The van der Waals surface area contributed by atoms with Gasteiger partial charge in [-0.25, -0.2) is 9.97 Å². The molecule has 7 heteroatoms. The van der Waals surface area contributed by atoms with Gasteiger partial charge < -0.3 is 9.80 Å². The molecule has 124 valence electrons. The Bertz CT molecular complexity index is 859. The second kappa shape index (κ2) is 6.57. The van der Waals surface area contributed by atoms with Gasteiger partial charge in [0.2, 0.25) is 5.95 Å². The Labute approximate surface area is 148 Å². The zero-order chi connectivity index (χ0) is 16.5. The number of pyridine rings is 1. The maximum atomic E-state index is 13.3. The normalized spacial score (nSPS) is 15.2. The highest BCUT2D eigenvalue weighted by atomic mass is 32.2. The Hall–Kier alpha value is -1.86. The summed E-state index contributed by atoms with van der Waals surface area (Å²) in [5.41, 5.74) is 1.96.